The van der Waals surface area contributed by atoms with Crippen molar-refractivity contribution in [3.63, 3.8) is 0 Å². The van der Waals surface area contributed by atoms with Crippen molar-refractivity contribution in [1.82, 2.24) is 29.9 Å². The molecule has 1 saturated heterocycles. The third-order valence-electron chi connectivity index (χ3n) is 5.07. The maximum atomic E-state index is 6.67. The van der Waals surface area contributed by atoms with Gasteiger partial charge in [0.15, 0.2) is 10.8 Å². The lowest BCUT2D eigenvalue weighted by atomic mass is 10.3. The van der Waals surface area contributed by atoms with Gasteiger partial charge >= 0.3 is 0 Å². The van der Waals surface area contributed by atoms with Crippen LogP contribution in [0.5, 0.6) is 0 Å². The van der Waals surface area contributed by atoms with E-state index in [9.17, 15) is 0 Å². The van der Waals surface area contributed by atoms with Gasteiger partial charge in [-0.05, 0) is 24.2 Å². The maximum absolute atomic E-state index is 6.67. The van der Waals surface area contributed by atoms with Crippen molar-refractivity contribution in [1.29, 1.82) is 0 Å². The monoisotopic (exact) mass is 427 g/mol. The number of quaternary nitrogens is 1. The zero-order valence-corrected chi connectivity index (χ0v) is 17.5. The lowest BCUT2D eigenvalue weighted by Gasteiger charge is -2.18. The number of nitrogens with one attached hydrogen (secondary N) is 1. The molecule has 0 radical (unpaired) electrons. The molecule has 8 nitrogen and oxygen atoms in total. The topological polar surface area (TPSA) is 111 Å². The zero-order valence-electron chi connectivity index (χ0n) is 15.9. The molecule has 5 rings (SSSR count). The van der Waals surface area contributed by atoms with Crippen LogP contribution in [0.3, 0.4) is 0 Å². The predicted octanol–water partition coefficient (Wildman–Crippen LogP) is 2.48. The fraction of sp³-hybridized carbons (Fsp3) is 0.316. The van der Waals surface area contributed by atoms with Crippen molar-refractivity contribution in [3.05, 3.63) is 35.4 Å². The number of fused-ring (bicyclic) bond motifs is 2. The molecule has 4 aromatic heterocycles. The molecular weight excluding hydrogens is 408 g/mol. The number of halogens is 1. The first-order valence-electron chi connectivity index (χ1n) is 9.53. The van der Waals surface area contributed by atoms with Gasteiger partial charge in [-0.1, -0.05) is 18.5 Å². The van der Waals surface area contributed by atoms with Crippen LogP contribution in [0, 0.1) is 0 Å². The van der Waals surface area contributed by atoms with E-state index in [0.717, 1.165) is 58.9 Å². The van der Waals surface area contributed by atoms with Gasteiger partial charge in [0.1, 0.15) is 23.0 Å². The first-order chi connectivity index (χ1) is 14.1. The van der Waals surface area contributed by atoms with Crippen molar-refractivity contribution >= 4 is 51.4 Å². The Bertz CT molecular complexity index is 1210. The van der Waals surface area contributed by atoms with Crippen LogP contribution in [-0.2, 0) is 6.42 Å². The molecule has 1 fully saturated rings. The summed E-state index contributed by atoms with van der Waals surface area (Å²) in [5.41, 5.74) is 7.31. The summed E-state index contributed by atoms with van der Waals surface area (Å²) < 4.78 is 0. The second-order valence-electron chi connectivity index (χ2n) is 7.10. The highest BCUT2D eigenvalue weighted by molar-refractivity contribution is 7.99. The van der Waals surface area contributed by atoms with Crippen molar-refractivity contribution in [3.8, 4) is 0 Å². The lowest BCUT2D eigenvalue weighted by molar-refractivity contribution is -0.412. The second-order valence-corrected chi connectivity index (χ2v) is 8.52. The van der Waals surface area contributed by atoms with E-state index in [1.807, 2.05) is 6.07 Å². The Balaban J connectivity index is 1.59. The number of nitrogens with zero attached hydrogens (tertiary/aromatic N) is 6. The number of rotatable bonds is 4. The van der Waals surface area contributed by atoms with Crippen molar-refractivity contribution in [2.75, 3.05) is 18.0 Å². The minimum atomic E-state index is 0.391. The number of pyridine rings is 1. The Morgan fingerprint density at radius 1 is 1.28 bits per heavy atom. The van der Waals surface area contributed by atoms with Gasteiger partial charge in [0.05, 0.1) is 17.0 Å². The highest BCUT2D eigenvalue weighted by atomic mass is 35.5. The van der Waals surface area contributed by atoms with E-state index in [-0.39, 0.29) is 0 Å². The molecule has 4 aromatic rings. The molecule has 1 atom stereocenters. The van der Waals surface area contributed by atoms with E-state index in [0.29, 0.717) is 21.9 Å². The molecule has 1 aliphatic rings. The van der Waals surface area contributed by atoms with Crippen LogP contribution in [0.4, 0.5) is 5.82 Å². The first-order valence-corrected chi connectivity index (χ1v) is 10.7. The summed E-state index contributed by atoms with van der Waals surface area (Å²) >= 11 is 8.13. The molecule has 0 amide bonds. The number of hydrogen-bond donors (Lipinski definition) is 2. The van der Waals surface area contributed by atoms with E-state index in [4.69, 9.17) is 21.6 Å². The Hall–Kier alpha value is -2.49. The molecule has 4 N–H and O–H groups in total. The van der Waals surface area contributed by atoms with Crippen LogP contribution >= 0.6 is 23.4 Å². The largest absolute Gasteiger partial charge is 0.354 e. The summed E-state index contributed by atoms with van der Waals surface area (Å²) in [5.74, 6) is 0.873. The van der Waals surface area contributed by atoms with E-state index in [1.54, 1.807) is 18.6 Å². The van der Waals surface area contributed by atoms with Crippen molar-refractivity contribution < 1.29 is 5.73 Å². The average Bonchev–Trinajstić information content (AvgIpc) is 3.30. The SMILES string of the molecule is CCc1[nH]c2nc(Sc3cnc4nccnc4c3)nc(N3CC[C@@H]([NH3+])C3)c2c1Cl. The first kappa shape index (κ1) is 18.5. The predicted molar refractivity (Wildman–Crippen MR) is 113 cm³/mol. The van der Waals surface area contributed by atoms with Gasteiger partial charge in [0.25, 0.3) is 0 Å². The molecule has 10 heteroatoms. The van der Waals surface area contributed by atoms with Crippen LogP contribution in [0.15, 0.2) is 34.7 Å². The van der Waals surface area contributed by atoms with E-state index >= 15 is 0 Å². The average molecular weight is 428 g/mol. The number of aromatic nitrogens is 6. The number of anilines is 1. The number of H-pyrrole nitrogens is 1. The fourth-order valence-corrected chi connectivity index (χ4v) is 4.72. The molecule has 1 aliphatic heterocycles. The van der Waals surface area contributed by atoms with Gasteiger partial charge < -0.3 is 15.6 Å². The van der Waals surface area contributed by atoms with Crippen molar-refractivity contribution in [2.24, 2.45) is 0 Å². The lowest BCUT2D eigenvalue weighted by Crippen LogP contribution is -2.61. The Labute approximate surface area is 176 Å². The van der Waals surface area contributed by atoms with Crippen LogP contribution in [-0.4, -0.2) is 49.0 Å². The molecule has 5 heterocycles. The highest BCUT2D eigenvalue weighted by Gasteiger charge is 2.27. The molecular formula is C19H20ClN8S+. The normalized spacial score (nSPS) is 16.9. The second kappa shape index (κ2) is 7.40. The van der Waals surface area contributed by atoms with Gasteiger partial charge in [0, 0.05) is 42.1 Å². The highest BCUT2D eigenvalue weighted by Crippen LogP contribution is 2.37. The number of aromatic amines is 1. The smallest absolute Gasteiger partial charge is 0.196 e. The maximum Gasteiger partial charge on any atom is 0.196 e. The van der Waals surface area contributed by atoms with E-state index in [2.05, 4.69) is 37.5 Å². The van der Waals surface area contributed by atoms with Gasteiger partial charge in [-0.2, -0.15) is 0 Å². The van der Waals surface area contributed by atoms with Crippen LogP contribution in [0.25, 0.3) is 22.2 Å². The molecule has 0 saturated carbocycles. The summed E-state index contributed by atoms with van der Waals surface area (Å²) in [6, 6.07) is 2.34. The molecule has 0 bridgehead atoms. The van der Waals surface area contributed by atoms with Crippen LogP contribution in [0.1, 0.15) is 19.0 Å². The van der Waals surface area contributed by atoms with Crippen molar-refractivity contribution in [2.45, 2.75) is 35.9 Å². The zero-order chi connectivity index (χ0) is 20.0. The molecule has 0 unspecified atom stereocenters. The molecule has 0 aliphatic carbocycles. The number of aryl methyl sites for hydroxylation is 1. The third-order valence-corrected chi connectivity index (χ3v) is 6.31. The van der Waals surface area contributed by atoms with Gasteiger partial charge in [-0.25, -0.2) is 19.9 Å². The Morgan fingerprint density at radius 2 is 2.14 bits per heavy atom. The summed E-state index contributed by atoms with van der Waals surface area (Å²) in [4.78, 5) is 29.1. The van der Waals surface area contributed by atoms with E-state index < -0.39 is 0 Å². The molecule has 29 heavy (non-hydrogen) atoms. The third kappa shape index (κ3) is 3.39. The van der Waals surface area contributed by atoms with E-state index in [1.165, 1.54) is 11.8 Å². The Kier molecular flexibility index (Phi) is 4.73. The minimum Gasteiger partial charge on any atom is -0.354 e. The molecule has 0 spiro atoms. The standard InChI is InChI=1S/C19H19ClN8S/c1-2-12-15(20)14-17(25-12)26-19(27-18(14)28-6-3-10(21)9-28)29-11-7-13-16(24-8-11)23-5-4-22-13/h4-5,7-8,10H,2-3,6,9,21H2,1H3,(H,25,26,27)/p+1/t10-/m1/s1. The summed E-state index contributed by atoms with van der Waals surface area (Å²) in [6.07, 6.45) is 6.93. The van der Waals surface area contributed by atoms with Gasteiger partial charge in [-0.15, -0.1) is 0 Å². The summed E-state index contributed by atoms with van der Waals surface area (Å²) in [7, 11) is 0. The summed E-state index contributed by atoms with van der Waals surface area (Å²) in [5, 5.41) is 2.25. The molecule has 148 valence electrons. The van der Waals surface area contributed by atoms with Gasteiger partial charge in [0.2, 0.25) is 0 Å². The molecule has 0 aromatic carbocycles. The van der Waals surface area contributed by atoms with Crippen LogP contribution in [0.2, 0.25) is 5.02 Å². The Morgan fingerprint density at radius 3 is 2.93 bits per heavy atom. The fourth-order valence-electron chi connectivity index (χ4n) is 3.61. The quantitative estimate of drug-likeness (QED) is 0.481. The minimum absolute atomic E-state index is 0.391. The van der Waals surface area contributed by atoms with Crippen LogP contribution < -0.4 is 10.6 Å². The van der Waals surface area contributed by atoms with Gasteiger partial charge in [-0.3, -0.25) is 4.98 Å². The summed E-state index contributed by atoms with van der Waals surface area (Å²) in [6.45, 7) is 3.86. The number of hydrogen-bond acceptors (Lipinski definition) is 7.